The average Bonchev–Trinajstić information content (AvgIpc) is 3.11. The van der Waals surface area contributed by atoms with Crippen LogP contribution >= 0.6 is 0 Å². The number of rotatable bonds is 6. The fourth-order valence-electron chi connectivity index (χ4n) is 2.42. The lowest BCUT2D eigenvalue weighted by atomic mass is 10.2. The van der Waals surface area contributed by atoms with Crippen molar-refractivity contribution in [3.8, 4) is 17.2 Å². The van der Waals surface area contributed by atoms with Crippen molar-refractivity contribution in [2.45, 2.75) is 13.5 Å². The molecule has 0 aliphatic carbocycles. The van der Waals surface area contributed by atoms with Gasteiger partial charge in [-0.15, -0.1) is 10.2 Å². The first-order valence-corrected chi connectivity index (χ1v) is 8.04. The number of para-hydroxylation sites is 1. The highest BCUT2D eigenvalue weighted by atomic mass is 16.5. The van der Waals surface area contributed by atoms with Crippen LogP contribution in [-0.2, 0) is 6.54 Å². The quantitative estimate of drug-likeness (QED) is 0.689. The van der Waals surface area contributed by atoms with Gasteiger partial charge in [0.2, 0.25) is 11.8 Å². The molecule has 6 heteroatoms. The second kappa shape index (κ2) is 7.61. The van der Waals surface area contributed by atoms with Crippen LogP contribution in [0.15, 0.2) is 59.0 Å². The van der Waals surface area contributed by atoms with E-state index >= 15 is 0 Å². The molecule has 1 aromatic heterocycles. The van der Waals surface area contributed by atoms with Gasteiger partial charge in [0.05, 0.1) is 18.7 Å². The van der Waals surface area contributed by atoms with Crippen LogP contribution in [0.1, 0.15) is 23.2 Å². The molecule has 0 radical (unpaired) electrons. The summed E-state index contributed by atoms with van der Waals surface area (Å²) in [6.45, 7) is 2.60. The largest absolute Gasteiger partial charge is 0.493 e. The van der Waals surface area contributed by atoms with Gasteiger partial charge in [-0.2, -0.15) is 0 Å². The fourth-order valence-corrected chi connectivity index (χ4v) is 2.42. The summed E-state index contributed by atoms with van der Waals surface area (Å²) >= 11 is 0. The smallest absolute Gasteiger partial charge is 0.257 e. The Balaban J connectivity index is 1.73. The number of aromatic nitrogens is 2. The fraction of sp³-hybridized carbons (Fsp3) is 0.211. The standard InChI is InChI=1S/C19H19N3O3/c1-3-24-16-12-8-7-11-15(16)19(23)22(2)13-17-20-21-18(25-17)14-9-5-4-6-10-14/h4-12H,3,13H2,1-2H3. The maximum Gasteiger partial charge on any atom is 0.257 e. The molecule has 25 heavy (non-hydrogen) atoms. The molecule has 0 aliphatic heterocycles. The van der Waals surface area contributed by atoms with E-state index in [9.17, 15) is 4.79 Å². The minimum absolute atomic E-state index is 0.163. The molecule has 0 bridgehead atoms. The minimum atomic E-state index is -0.163. The molecule has 2 aromatic carbocycles. The first-order valence-electron chi connectivity index (χ1n) is 8.04. The van der Waals surface area contributed by atoms with Crippen molar-refractivity contribution in [3.05, 3.63) is 66.1 Å². The van der Waals surface area contributed by atoms with Crippen LogP contribution in [0.3, 0.4) is 0 Å². The van der Waals surface area contributed by atoms with Gasteiger partial charge in [0.25, 0.3) is 5.91 Å². The van der Waals surface area contributed by atoms with Crippen LogP contribution in [0, 0.1) is 0 Å². The number of hydrogen-bond acceptors (Lipinski definition) is 5. The van der Waals surface area contributed by atoms with Gasteiger partial charge in [-0.1, -0.05) is 30.3 Å². The average molecular weight is 337 g/mol. The van der Waals surface area contributed by atoms with Gasteiger partial charge in [-0.25, -0.2) is 0 Å². The van der Waals surface area contributed by atoms with E-state index in [1.807, 2.05) is 49.4 Å². The molecule has 0 spiro atoms. The number of hydrogen-bond donors (Lipinski definition) is 0. The van der Waals surface area contributed by atoms with Crippen LogP contribution < -0.4 is 4.74 Å². The van der Waals surface area contributed by atoms with Gasteiger partial charge in [0, 0.05) is 12.6 Å². The van der Waals surface area contributed by atoms with Crippen molar-refractivity contribution in [1.29, 1.82) is 0 Å². The summed E-state index contributed by atoms with van der Waals surface area (Å²) in [4.78, 5) is 14.2. The van der Waals surface area contributed by atoms with Crippen LogP contribution in [0.2, 0.25) is 0 Å². The van der Waals surface area contributed by atoms with Gasteiger partial charge in [-0.3, -0.25) is 4.79 Å². The summed E-state index contributed by atoms with van der Waals surface area (Å²) in [7, 11) is 1.69. The summed E-state index contributed by atoms with van der Waals surface area (Å²) in [5, 5.41) is 8.06. The number of carbonyl (C=O) groups excluding carboxylic acids is 1. The van der Waals surface area contributed by atoms with Crippen molar-refractivity contribution in [3.63, 3.8) is 0 Å². The predicted octanol–water partition coefficient (Wildman–Crippen LogP) is 3.41. The summed E-state index contributed by atoms with van der Waals surface area (Å²) in [6.07, 6.45) is 0. The van der Waals surface area contributed by atoms with E-state index in [1.165, 1.54) is 4.90 Å². The van der Waals surface area contributed by atoms with E-state index in [2.05, 4.69) is 10.2 Å². The molecule has 3 aromatic rings. The Morgan fingerprint density at radius 2 is 1.80 bits per heavy atom. The highest BCUT2D eigenvalue weighted by molar-refractivity contribution is 5.96. The van der Waals surface area contributed by atoms with Crippen LogP contribution in [0.5, 0.6) is 5.75 Å². The molecule has 0 saturated heterocycles. The third kappa shape index (κ3) is 3.85. The zero-order valence-electron chi connectivity index (χ0n) is 14.2. The van der Waals surface area contributed by atoms with Crippen molar-refractivity contribution >= 4 is 5.91 Å². The molecule has 0 saturated carbocycles. The van der Waals surface area contributed by atoms with Crippen molar-refractivity contribution in [2.75, 3.05) is 13.7 Å². The molecular formula is C19H19N3O3. The summed E-state index contributed by atoms with van der Waals surface area (Å²) < 4.78 is 11.2. The van der Waals surface area contributed by atoms with Gasteiger partial charge in [0.1, 0.15) is 5.75 Å². The SMILES string of the molecule is CCOc1ccccc1C(=O)N(C)Cc1nnc(-c2ccccc2)o1. The summed E-state index contributed by atoms with van der Waals surface area (Å²) in [6, 6.07) is 16.7. The molecule has 1 heterocycles. The maximum absolute atomic E-state index is 12.7. The topological polar surface area (TPSA) is 68.5 Å². The highest BCUT2D eigenvalue weighted by Gasteiger charge is 2.19. The molecule has 0 fully saturated rings. The summed E-state index contributed by atoms with van der Waals surface area (Å²) in [5.74, 6) is 1.22. The van der Waals surface area contributed by atoms with Gasteiger partial charge >= 0.3 is 0 Å². The lowest BCUT2D eigenvalue weighted by Gasteiger charge is -2.17. The Morgan fingerprint density at radius 1 is 1.08 bits per heavy atom. The van der Waals surface area contributed by atoms with Gasteiger partial charge < -0.3 is 14.1 Å². The normalized spacial score (nSPS) is 10.5. The van der Waals surface area contributed by atoms with E-state index in [4.69, 9.17) is 9.15 Å². The van der Waals surface area contributed by atoms with E-state index in [1.54, 1.807) is 19.2 Å². The zero-order valence-corrected chi connectivity index (χ0v) is 14.2. The number of ether oxygens (including phenoxy) is 1. The maximum atomic E-state index is 12.7. The first kappa shape index (κ1) is 16.7. The second-order valence-electron chi connectivity index (χ2n) is 5.46. The number of carbonyl (C=O) groups is 1. The molecule has 6 nitrogen and oxygen atoms in total. The van der Waals surface area contributed by atoms with E-state index in [0.29, 0.717) is 29.7 Å². The first-order chi connectivity index (χ1) is 12.2. The Kier molecular flexibility index (Phi) is 5.09. The minimum Gasteiger partial charge on any atom is -0.493 e. The van der Waals surface area contributed by atoms with Gasteiger partial charge in [-0.05, 0) is 31.2 Å². The van der Waals surface area contributed by atoms with E-state index < -0.39 is 0 Å². The van der Waals surface area contributed by atoms with Crippen molar-refractivity contribution in [2.24, 2.45) is 0 Å². The Hall–Kier alpha value is -3.15. The third-order valence-electron chi connectivity index (χ3n) is 3.62. The Morgan fingerprint density at radius 3 is 2.56 bits per heavy atom. The summed E-state index contributed by atoms with van der Waals surface area (Å²) in [5.41, 5.74) is 1.35. The lowest BCUT2D eigenvalue weighted by molar-refractivity contribution is 0.0769. The lowest BCUT2D eigenvalue weighted by Crippen LogP contribution is -2.26. The Bertz CT molecular complexity index is 846. The number of nitrogens with zero attached hydrogens (tertiary/aromatic N) is 3. The zero-order chi connectivity index (χ0) is 17.6. The van der Waals surface area contributed by atoms with Crippen LogP contribution in [0.4, 0.5) is 0 Å². The van der Waals surface area contributed by atoms with Crippen molar-refractivity contribution < 1.29 is 13.9 Å². The predicted molar refractivity (Wildman–Crippen MR) is 93.1 cm³/mol. The molecule has 0 atom stereocenters. The van der Waals surface area contributed by atoms with Crippen molar-refractivity contribution in [1.82, 2.24) is 15.1 Å². The monoisotopic (exact) mass is 337 g/mol. The molecule has 0 unspecified atom stereocenters. The molecule has 128 valence electrons. The van der Waals surface area contributed by atoms with Gasteiger partial charge in [0.15, 0.2) is 0 Å². The second-order valence-corrected chi connectivity index (χ2v) is 5.46. The molecule has 0 aliphatic rings. The van der Waals surface area contributed by atoms with E-state index in [-0.39, 0.29) is 12.5 Å². The number of benzene rings is 2. The van der Waals surface area contributed by atoms with Crippen LogP contribution in [-0.4, -0.2) is 34.7 Å². The van der Waals surface area contributed by atoms with E-state index in [0.717, 1.165) is 5.56 Å². The molecule has 1 amide bonds. The number of amides is 1. The third-order valence-corrected chi connectivity index (χ3v) is 3.62. The molecule has 3 rings (SSSR count). The molecule has 0 N–H and O–H groups in total. The molecular weight excluding hydrogens is 318 g/mol. The van der Waals surface area contributed by atoms with Crippen LogP contribution in [0.25, 0.3) is 11.5 Å². The highest BCUT2D eigenvalue weighted by Crippen LogP contribution is 2.21. The Labute approximate surface area is 146 Å².